The molecular formula is C14H11FN2S. The van der Waals surface area contributed by atoms with E-state index in [-0.39, 0.29) is 5.82 Å². The molecule has 0 radical (unpaired) electrons. The molecule has 0 aliphatic rings. The van der Waals surface area contributed by atoms with Crippen molar-refractivity contribution in [3.63, 3.8) is 0 Å². The fourth-order valence-corrected chi connectivity index (χ4v) is 2.81. The minimum Gasteiger partial charge on any atom is -0.326 e. The predicted molar refractivity (Wildman–Crippen MR) is 72.9 cm³/mol. The molecule has 0 spiro atoms. The van der Waals surface area contributed by atoms with Gasteiger partial charge in [0.2, 0.25) is 0 Å². The maximum Gasteiger partial charge on any atom is 0.131 e. The Morgan fingerprint density at radius 2 is 1.89 bits per heavy atom. The largest absolute Gasteiger partial charge is 0.326 e. The normalized spacial score (nSPS) is 11.0. The van der Waals surface area contributed by atoms with Gasteiger partial charge in [-0.1, -0.05) is 24.3 Å². The third-order valence-corrected chi connectivity index (χ3v) is 3.91. The van der Waals surface area contributed by atoms with E-state index < -0.39 is 0 Å². The van der Waals surface area contributed by atoms with Crippen molar-refractivity contribution < 1.29 is 4.39 Å². The van der Waals surface area contributed by atoms with Gasteiger partial charge < -0.3 is 5.73 Å². The minimum absolute atomic E-state index is 0.204. The topological polar surface area (TPSA) is 38.9 Å². The van der Waals surface area contributed by atoms with Crippen LogP contribution < -0.4 is 5.73 Å². The molecule has 0 unspecified atom stereocenters. The molecule has 0 aliphatic heterocycles. The van der Waals surface area contributed by atoms with E-state index in [4.69, 9.17) is 5.73 Å². The van der Waals surface area contributed by atoms with E-state index in [2.05, 4.69) is 4.98 Å². The Bertz CT molecular complexity index is 706. The van der Waals surface area contributed by atoms with Crippen LogP contribution in [-0.4, -0.2) is 4.98 Å². The van der Waals surface area contributed by atoms with Crippen LogP contribution >= 0.6 is 11.3 Å². The van der Waals surface area contributed by atoms with E-state index >= 15 is 0 Å². The molecule has 1 aromatic heterocycles. The van der Waals surface area contributed by atoms with Crippen molar-refractivity contribution in [1.29, 1.82) is 0 Å². The van der Waals surface area contributed by atoms with Crippen molar-refractivity contribution in [1.82, 2.24) is 4.98 Å². The van der Waals surface area contributed by atoms with Crippen LogP contribution in [0.4, 0.5) is 4.39 Å². The van der Waals surface area contributed by atoms with Crippen LogP contribution in [0.1, 0.15) is 4.88 Å². The molecule has 3 rings (SSSR count). The van der Waals surface area contributed by atoms with Gasteiger partial charge in [-0.25, -0.2) is 9.37 Å². The summed E-state index contributed by atoms with van der Waals surface area (Å²) in [7, 11) is 0. The smallest absolute Gasteiger partial charge is 0.131 e. The van der Waals surface area contributed by atoms with Crippen molar-refractivity contribution in [3.05, 3.63) is 53.3 Å². The molecule has 18 heavy (non-hydrogen) atoms. The van der Waals surface area contributed by atoms with Crippen LogP contribution in [0, 0.1) is 5.82 Å². The van der Waals surface area contributed by atoms with Crippen LogP contribution in [0.15, 0.2) is 42.6 Å². The van der Waals surface area contributed by atoms with E-state index in [9.17, 15) is 4.39 Å². The highest BCUT2D eigenvalue weighted by Crippen LogP contribution is 2.32. The van der Waals surface area contributed by atoms with Gasteiger partial charge >= 0.3 is 0 Å². The first-order valence-corrected chi connectivity index (χ1v) is 6.43. The van der Waals surface area contributed by atoms with Gasteiger partial charge in [-0.3, -0.25) is 0 Å². The number of halogens is 1. The number of nitrogens with two attached hydrogens (primary N) is 1. The summed E-state index contributed by atoms with van der Waals surface area (Å²) in [5.74, 6) is -0.204. The van der Waals surface area contributed by atoms with Crippen molar-refractivity contribution in [2.45, 2.75) is 6.54 Å². The predicted octanol–water partition coefficient (Wildman–Crippen LogP) is 3.56. The summed E-state index contributed by atoms with van der Waals surface area (Å²) in [4.78, 5) is 5.38. The van der Waals surface area contributed by atoms with Gasteiger partial charge in [-0.2, -0.15) is 0 Å². The second kappa shape index (κ2) is 4.48. The van der Waals surface area contributed by atoms with E-state index in [1.807, 2.05) is 18.2 Å². The lowest BCUT2D eigenvalue weighted by molar-refractivity contribution is 0.640. The molecule has 0 saturated carbocycles. The number of thiazole rings is 1. The number of benzene rings is 2. The minimum atomic E-state index is -0.204. The van der Waals surface area contributed by atoms with Crippen molar-refractivity contribution in [3.8, 4) is 10.6 Å². The number of aromatic nitrogens is 1. The van der Waals surface area contributed by atoms with Gasteiger partial charge in [0.05, 0.1) is 0 Å². The Morgan fingerprint density at radius 3 is 2.61 bits per heavy atom. The lowest BCUT2D eigenvalue weighted by atomic mass is 10.0. The molecule has 1 heterocycles. The van der Waals surface area contributed by atoms with E-state index in [1.54, 1.807) is 29.7 Å². The number of fused-ring (bicyclic) bond motifs is 1. The van der Waals surface area contributed by atoms with Gasteiger partial charge in [-0.05, 0) is 17.5 Å². The van der Waals surface area contributed by atoms with Crippen LogP contribution in [0.2, 0.25) is 0 Å². The summed E-state index contributed by atoms with van der Waals surface area (Å²) in [5, 5.41) is 2.39. The zero-order valence-corrected chi connectivity index (χ0v) is 10.4. The number of hydrogen-bond donors (Lipinski definition) is 1. The van der Waals surface area contributed by atoms with Gasteiger partial charge in [0.25, 0.3) is 0 Å². The van der Waals surface area contributed by atoms with Crippen LogP contribution in [0.5, 0.6) is 0 Å². The zero-order valence-electron chi connectivity index (χ0n) is 9.56. The van der Waals surface area contributed by atoms with E-state index in [1.165, 1.54) is 6.07 Å². The maximum atomic E-state index is 13.7. The van der Waals surface area contributed by atoms with Gasteiger partial charge in [0.1, 0.15) is 10.8 Å². The third kappa shape index (κ3) is 1.79. The summed E-state index contributed by atoms with van der Waals surface area (Å²) < 4.78 is 13.7. The monoisotopic (exact) mass is 258 g/mol. The number of nitrogens with zero attached hydrogens (tertiary/aromatic N) is 1. The molecule has 0 atom stereocenters. The summed E-state index contributed by atoms with van der Waals surface area (Å²) in [6.45, 7) is 0.483. The molecule has 2 aromatic carbocycles. The first-order chi connectivity index (χ1) is 8.79. The maximum absolute atomic E-state index is 13.7. The molecule has 2 N–H and O–H groups in total. The molecule has 90 valence electrons. The lowest BCUT2D eigenvalue weighted by Crippen LogP contribution is -1.91. The molecule has 0 amide bonds. The highest BCUT2D eigenvalue weighted by molar-refractivity contribution is 7.15. The van der Waals surface area contributed by atoms with E-state index in [0.717, 1.165) is 20.8 Å². The number of rotatable bonds is 2. The highest BCUT2D eigenvalue weighted by Gasteiger charge is 2.10. The summed E-state index contributed by atoms with van der Waals surface area (Å²) in [5.41, 5.74) is 6.54. The zero-order chi connectivity index (χ0) is 12.5. The molecule has 0 saturated heterocycles. The second-order valence-corrected chi connectivity index (χ2v) is 5.09. The SMILES string of the molecule is NCc1cnc(-c2ccc(F)c3ccccc23)s1. The number of hydrogen-bond acceptors (Lipinski definition) is 3. The molecule has 0 fully saturated rings. The fraction of sp³-hybridized carbons (Fsp3) is 0.0714. The van der Waals surface area contributed by atoms with Crippen LogP contribution in [-0.2, 0) is 6.54 Å². The highest BCUT2D eigenvalue weighted by atomic mass is 32.1. The molecule has 0 aliphatic carbocycles. The van der Waals surface area contributed by atoms with Crippen molar-refractivity contribution >= 4 is 22.1 Å². The van der Waals surface area contributed by atoms with Gasteiger partial charge in [-0.15, -0.1) is 11.3 Å². The first kappa shape index (κ1) is 11.3. The van der Waals surface area contributed by atoms with Crippen LogP contribution in [0.3, 0.4) is 0 Å². The quantitative estimate of drug-likeness (QED) is 0.763. The Morgan fingerprint density at radius 1 is 1.11 bits per heavy atom. The Balaban J connectivity index is 2.26. The van der Waals surface area contributed by atoms with E-state index in [0.29, 0.717) is 11.9 Å². The lowest BCUT2D eigenvalue weighted by Gasteiger charge is -2.04. The Kier molecular flexibility index (Phi) is 2.81. The summed E-state index contributed by atoms with van der Waals surface area (Å²) in [6.07, 6.45) is 1.78. The second-order valence-electron chi connectivity index (χ2n) is 3.98. The molecule has 3 aromatic rings. The summed E-state index contributed by atoms with van der Waals surface area (Å²) in [6, 6.07) is 10.7. The van der Waals surface area contributed by atoms with Crippen molar-refractivity contribution in [2.24, 2.45) is 5.73 Å². The molecule has 4 heteroatoms. The van der Waals surface area contributed by atoms with Crippen LogP contribution in [0.25, 0.3) is 21.3 Å². The average Bonchev–Trinajstić information content (AvgIpc) is 2.88. The van der Waals surface area contributed by atoms with Gasteiger partial charge in [0, 0.05) is 28.6 Å². The Hall–Kier alpha value is -1.78. The summed E-state index contributed by atoms with van der Waals surface area (Å²) >= 11 is 1.55. The Labute approximate surface area is 108 Å². The van der Waals surface area contributed by atoms with Gasteiger partial charge in [0.15, 0.2) is 0 Å². The van der Waals surface area contributed by atoms with Crippen molar-refractivity contribution in [2.75, 3.05) is 0 Å². The third-order valence-electron chi connectivity index (χ3n) is 2.86. The molecular weight excluding hydrogens is 247 g/mol. The standard InChI is InChI=1S/C14H11FN2S/c15-13-6-5-12(10-3-1-2-4-11(10)13)14-17-8-9(7-16)18-14/h1-6,8H,7,16H2. The molecule has 0 bridgehead atoms. The molecule has 2 nitrogen and oxygen atoms in total. The average molecular weight is 258 g/mol. The fourth-order valence-electron chi connectivity index (χ4n) is 1.98. The first-order valence-electron chi connectivity index (χ1n) is 5.62.